The van der Waals surface area contributed by atoms with Crippen molar-refractivity contribution in [2.75, 3.05) is 49.6 Å². The Morgan fingerprint density at radius 1 is 1.00 bits per heavy atom. The van der Waals surface area contributed by atoms with Gasteiger partial charge in [0.05, 0.1) is 13.1 Å². The summed E-state index contributed by atoms with van der Waals surface area (Å²) >= 11 is 0. The number of hydrogen-bond donors (Lipinski definition) is 3. The van der Waals surface area contributed by atoms with Crippen LogP contribution < -0.4 is 16.4 Å². The Morgan fingerprint density at radius 2 is 1.58 bits per heavy atom. The molecule has 2 amide bonds. The lowest BCUT2D eigenvalue weighted by atomic mass is 9.96. The maximum absolute atomic E-state index is 12.9. The normalized spacial score (nSPS) is 14.7. The zero-order chi connectivity index (χ0) is 24.1. The van der Waals surface area contributed by atoms with Crippen LogP contribution in [0.3, 0.4) is 0 Å². The number of amides is 2. The summed E-state index contributed by atoms with van der Waals surface area (Å²) in [6, 6.07) is 9.68. The van der Waals surface area contributed by atoms with Gasteiger partial charge in [0, 0.05) is 43.2 Å². The lowest BCUT2D eigenvalue weighted by Gasteiger charge is -2.36. The molecule has 1 saturated heterocycles. The number of rotatable bonds is 7. The first kappa shape index (κ1) is 24.6. The molecule has 2 aromatic rings. The van der Waals surface area contributed by atoms with Crippen molar-refractivity contribution in [2.45, 2.75) is 46.6 Å². The number of para-hydroxylation sites is 1. The first-order valence-corrected chi connectivity index (χ1v) is 11.6. The molecule has 0 aromatic heterocycles. The highest BCUT2D eigenvalue weighted by Crippen LogP contribution is 2.32. The Bertz CT molecular complexity index is 968. The average molecular weight is 452 g/mol. The molecule has 2 aromatic carbocycles. The zero-order valence-electron chi connectivity index (χ0n) is 20.5. The fourth-order valence-corrected chi connectivity index (χ4v) is 4.49. The van der Waals surface area contributed by atoms with Crippen molar-refractivity contribution in [3.05, 3.63) is 52.6 Å². The molecule has 1 aliphatic rings. The van der Waals surface area contributed by atoms with Crippen LogP contribution in [0.15, 0.2) is 30.3 Å². The molecule has 0 saturated carbocycles. The summed E-state index contributed by atoms with van der Waals surface area (Å²) in [5, 5.41) is 6.29. The van der Waals surface area contributed by atoms with Gasteiger partial charge in [-0.3, -0.25) is 14.5 Å². The predicted molar refractivity (Wildman–Crippen MR) is 136 cm³/mol. The number of nitrogen functional groups attached to an aromatic ring is 1. The van der Waals surface area contributed by atoms with Gasteiger partial charge in [0.1, 0.15) is 0 Å². The molecule has 3 rings (SSSR count). The predicted octanol–water partition coefficient (Wildman–Crippen LogP) is 3.48. The van der Waals surface area contributed by atoms with Crippen molar-refractivity contribution in [1.82, 2.24) is 9.80 Å². The van der Waals surface area contributed by atoms with Crippen LogP contribution in [0, 0.1) is 27.7 Å². The fourth-order valence-electron chi connectivity index (χ4n) is 4.49. The van der Waals surface area contributed by atoms with E-state index in [1.807, 2.05) is 70.0 Å². The molecule has 7 heteroatoms. The molecule has 33 heavy (non-hydrogen) atoms. The van der Waals surface area contributed by atoms with E-state index in [1.54, 1.807) is 0 Å². The van der Waals surface area contributed by atoms with E-state index >= 15 is 0 Å². The third kappa shape index (κ3) is 5.85. The monoisotopic (exact) mass is 451 g/mol. The maximum Gasteiger partial charge on any atom is 0.241 e. The van der Waals surface area contributed by atoms with Gasteiger partial charge in [-0.25, -0.2) is 0 Å². The minimum absolute atomic E-state index is 0.00638. The van der Waals surface area contributed by atoms with E-state index in [9.17, 15) is 9.59 Å². The third-order valence-electron chi connectivity index (χ3n) is 7.02. The van der Waals surface area contributed by atoms with Crippen molar-refractivity contribution in [3.63, 3.8) is 0 Å². The number of carbonyl (C=O) groups excluding carboxylic acids is 2. The molecule has 0 aliphatic carbocycles. The van der Waals surface area contributed by atoms with E-state index < -0.39 is 0 Å². The summed E-state index contributed by atoms with van der Waals surface area (Å²) in [5.41, 5.74) is 13.1. The number of likely N-dealkylation sites (N-methyl/N-ethyl adjacent to an activating group) is 1. The fraction of sp³-hybridized carbons (Fsp3) is 0.462. The Morgan fingerprint density at radius 3 is 2.15 bits per heavy atom. The van der Waals surface area contributed by atoms with Crippen molar-refractivity contribution >= 4 is 28.9 Å². The van der Waals surface area contributed by atoms with Crippen molar-refractivity contribution < 1.29 is 9.59 Å². The van der Waals surface area contributed by atoms with E-state index in [0.717, 1.165) is 65.2 Å². The van der Waals surface area contributed by atoms with Gasteiger partial charge in [0.2, 0.25) is 11.8 Å². The summed E-state index contributed by atoms with van der Waals surface area (Å²) in [6.07, 6.45) is 1.72. The van der Waals surface area contributed by atoms with E-state index in [-0.39, 0.29) is 24.4 Å². The summed E-state index contributed by atoms with van der Waals surface area (Å²) < 4.78 is 0. The van der Waals surface area contributed by atoms with Crippen molar-refractivity contribution in [1.29, 1.82) is 0 Å². The van der Waals surface area contributed by atoms with Crippen LogP contribution in [0.4, 0.5) is 17.1 Å². The summed E-state index contributed by atoms with van der Waals surface area (Å²) in [6.45, 7) is 10.3. The highest BCUT2D eigenvalue weighted by molar-refractivity contribution is 5.92. The maximum atomic E-state index is 12.9. The molecule has 1 fully saturated rings. The first-order chi connectivity index (χ1) is 15.7. The SMILES string of the molecule is Cc1c(C)c(NCC(=O)N(C)C2CCN(CC(=O)Nc3ccccc3)CC2)c(C)c(C)c1N. The summed E-state index contributed by atoms with van der Waals surface area (Å²) in [5.74, 6) is 0.0642. The topological polar surface area (TPSA) is 90.7 Å². The molecule has 1 heterocycles. The van der Waals surface area contributed by atoms with Gasteiger partial charge >= 0.3 is 0 Å². The largest absolute Gasteiger partial charge is 0.398 e. The number of benzene rings is 2. The van der Waals surface area contributed by atoms with Crippen LogP contribution in [0.2, 0.25) is 0 Å². The first-order valence-electron chi connectivity index (χ1n) is 11.6. The zero-order valence-corrected chi connectivity index (χ0v) is 20.5. The number of hydrogen-bond acceptors (Lipinski definition) is 5. The number of likely N-dealkylation sites (tertiary alicyclic amines) is 1. The smallest absolute Gasteiger partial charge is 0.241 e. The second-order valence-corrected chi connectivity index (χ2v) is 9.07. The van der Waals surface area contributed by atoms with E-state index in [4.69, 9.17) is 5.73 Å². The molecule has 0 atom stereocenters. The van der Waals surface area contributed by atoms with Gasteiger partial charge in [-0.15, -0.1) is 0 Å². The average Bonchev–Trinajstić information content (AvgIpc) is 2.82. The minimum Gasteiger partial charge on any atom is -0.398 e. The van der Waals surface area contributed by atoms with Crippen LogP contribution in [-0.2, 0) is 9.59 Å². The molecule has 0 spiro atoms. The highest BCUT2D eigenvalue weighted by Gasteiger charge is 2.26. The van der Waals surface area contributed by atoms with Crippen molar-refractivity contribution in [2.24, 2.45) is 0 Å². The Hall–Kier alpha value is -3.06. The van der Waals surface area contributed by atoms with Crippen LogP contribution in [0.5, 0.6) is 0 Å². The van der Waals surface area contributed by atoms with Gasteiger partial charge in [-0.2, -0.15) is 0 Å². The molecule has 4 N–H and O–H groups in total. The molecule has 178 valence electrons. The number of nitrogens with zero attached hydrogens (tertiary/aromatic N) is 2. The Kier molecular flexibility index (Phi) is 7.97. The summed E-state index contributed by atoms with van der Waals surface area (Å²) in [7, 11) is 1.88. The number of piperidine rings is 1. The van der Waals surface area contributed by atoms with Crippen LogP contribution in [0.25, 0.3) is 0 Å². The van der Waals surface area contributed by atoms with Crippen LogP contribution in [-0.4, -0.2) is 60.9 Å². The Balaban J connectivity index is 1.48. The number of nitrogens with two attached hydrogens (primary N) is 1. The third-order valence-corrected chi connectivity index (χ3v) is 7.02. The molecule has 7 nitrogen and oxygen atoms in total. The second kappa shape index (κ2) is 10.7. The van der Waals surface area contributed by atoms with E-state index in [0.29, 0.717) is 6.54 Å². The lowest BCUT2D eigenvalue weighted by Crippen LogP contribution is -2.48. The second-order valence-electron chi connectivity index (χ2n) is 9.07. The lowest BCUT2D eigenvalue weighted by molar-refractivity contribution is -0.131. The molecule has 1 aliphatic heterocycles. The van der Waals surface area contributed by atoms with Crippen LogP contribution in [0.1, 0.15) is 35.1 Å². The highest BCUT2D eigenvalue weighted by atomic mass is 16.2. The number of anilines is 3. The molecule has 0 bridgehead atoms. The quantitative estimate of drug-likeness (QED) is 0.561. The van der Waals surface area contributed by atoms with Crippen molar-refractivity contribution in [3.8, 4) is 0 Å². The van der Waals surface area contributed by atoms with Gasteiger partial charge in [-0.1, -0.05) is 18.2 Å². The van der Waals surface area contributed by atoms with E-state index in [1.165, 1.54) is 0 Å². The van der Waals surface area contributed by atoms with E-state index in [2.05, 4.69) is 15.5 Å². The van der Waals surface area contributed by atoms with Gasteiger partial charge in [0.25, 0.3) is 0 Å². The van der Waals surface area contributed by atoms with Gasteiger partial charge in [0.15, 0.2) is 0 Å². The van der Waals surface area contributed by atoms with Crippen LogP contribution >= 0.6 is 0 Å². The molecule has 0 radical (unpaired) electrons. The number of nitrogens with one attached hydrogen (secondary N) is 2. The number of carbonyl (C=O) groups is 2. The summed E-state index contributed by atoms with van der Waals surface area (Å²) in [4.78, 5) is 29.2. The molecule has 0 unspecified atom stereocenters. The minimum atomic E-state index is -0.00638. The standard InChI is InChI=1S/C26H37N5O2/c1-17-19(3)26(20(4)18(2)25(17)27)28-15-24(33)30(5)22-11-13-31(14-12-22)16-23(32)29-21-9-7-6-8-10-21/h6-10,22,28H,11-16,27H2,1-5H3,(H,29,32). The Labute approximate surface area is 197 Å². The molecular weight excluding hydrogens is 414 g/mol. The molecular formula is C26H37N5O2. The van der Waals surface area contributed by atoms with Gasteiger partial charge < -0.3 is 21.3 Å². The van der Waals surface area contributed by atoms with Gasteiger partial charge in [-0.05, 0) is 74.9 Å².